The lowest BCUT2D eigenvalue weighted by molar-refractivity contribution is -0.142. The van der Waals surface area contributed by atoms with Crippen LogP contribution in [-0.2, 0) is 9.53 Å². The Morgan fingerprint density at radius 3 is 2.39 bits per heavy atom. The van der Waals surface area contributed by atoms with Crippen molar-refractivity contribution < 1.29 is 19.4 Å². The van der Waals surface area contributed by atoms with Gasteiger partial charge in [0.2, 0.25) is 0 Å². The molecule has 0 heterocycles. The van der Waals surface area contributed by atoms with Gasteiger partial charge in [0.25, 0.3) is 0 Å². The van der Waals surface area contributed by atoms with Crippen molar-refractivity contribution in [1.29, 1.82) is 0 Å². The fraction of sp³-hybridized carbons (Fsp3) is 0.667. The number of alkyl carbamates (subject to hydrolysis) is 1. The van der Waals surface area contributed by atoms with Gasteiger partial charge in [-0.15, -0.1) is 6.58 Å². The molecule has 0 saturated heterocycles. The van der Waals surface area contributed by atoms with Gasteiger partial charge in [-0.2, -0.15) is 0 Å². The maximum atomic E-state index is 11.6. The molecule has 2 N–H and O–H groups in total. The summed E-state index contributed by atoms with van der Waals surface area (Å²) in [4.78, 5) is 22.7. The summed E-state index contributed by atoms with van der Waals surface area (Å²) in [6.07, 6.45) is 1.25. The van der Waals surface area contributed by atoms with Crippen molar-refractivity contribution in [3.05, 3.63) is 12.7 Å². The molecule has 0 bridgehead atoms. The summed E-state index contributed by atoms with van der Waals surface area (Å²) in [6.45, 7) is 8.80. The van der Waals surface area contributed by atoms with Gasteiger partial charge in [-0.25, -0.2) is 4.79 Å². The monoisotopic (exact) mass is 369 g/mol. The van der Waals surface area contributed by atoms with Crippen molar-refractivity contribution in [3.63, 3.8) is 0 Å². The minimum Gasteiger partial charge on any atom is -0.481 e. The van der Waals surface area contributed by atoms with Crippen LogP contribution in [0.3, 0.4) is 0 Å². The summed E-state index contributed by atoms with van der Waals surface area (Å²) in [5, 5.41) is 11.6. The van der Waals surface area contributed by atoms with E-state index in [2.05, 4.69) is 34.5 Å². The first-order valence-corrected chi connectivity index (χ1v) is 7.14. The van der Waals surface area contributed by atoms with Crippen LogP contribution in [0.25, 0.3) is 0 Å². The van der Waals surface area contributed by atoms with Crippen molar-refractivity contribution in [2.45, 2.75) is 38.8 Å². The predicted molar refractivity (Wildman–Crippen MR) is 78.0 cm³/mol. The van der Waals surface area contributed by atoms with Crippen LogP contribution in [0.1, 0.15) is 27.2 Å². The Labute approximate surface area is 121 Å². The van der Waals surface area contributed by atoms with Crippen LogP contribution in [0.4, 0.5) is 4.79 Å². The Hall–Kier alpha value is -0.790. The summed E-state index contributed by atoms with van der Waals surface area (Å²) in [5.41, 5.74) is -0.613. The number of ether oxygens (including phenoxy) is 1. The zero-order chi connectivity index (χ0) is 14.3. The third kappa shape index (κ3) is 6.83. The van der Waals surface area contributed by atoms with Gasteiger partial charge >= 0.3 is 12.1 Å². The van der Waals surface area contributed by atoms with Gasteiger partial charge in [-0.1, -0.05) is 28.7 Å². The topological polar surface area (TPSA) is 75.6 Å². The molecule has 104 valence electrons. The number of rotatable bonds is 6. The average Bonchev–Trinajstić information content (AvgIpc) is 2.20. The number of carbonyl (C=O) groups is 2. The summed E-state index contributed by atoms with van der Waals surface area (Å²) in [6, 6.07) is -0.632. The molecule has 2 atom stereocenters. The van der Waals surface area contributed by atoms with Gasteiger partial charge in [-0.3, -0.25) is 4.79 Å². The number of hydrogen-bond acceptors (Lipinski definition) is 3. The number of carbonyl (C=O) groups excluding carboxylic acids is 1. The Morgan fingerprint density at radius 1 is 1.50 bits per heavy atom. The molecule has 0 saturated carbocycles. The lowest BCUT2D eigenvalue weighted by atomic mass is 9.97. The van der Waals surface area contributed by atoms with E-state index in [0.29, 0.717) is 10.8 Å². The molecule has 0 rings (SSSR count). The van der Waals surface area contributed by atoms with Crippen LogP contribution in [0, 0.1) is 5.92 Å². The average molecular weight is 369 g/mol. The fourth-order valence-electron chi connectivity index (χ4n) is 1.34. The second-order valence-corrected chi connectivity index (χ2v) is 5.91. The molecule has 0 aliphatic rings. The van der Waals surface area contributed by atoms with Gasteiger partial charge in [0.15, 0.2) is 0 Å². The number of hydrogen-bond donors (Lipinski definition) is 2. The standard InChI is InChI=1S/C12H20INO4/c1-5-9(8(6-7-13)10(15)16)14-11(17)18-12(2,3)4/h5,8-9H,1,6-7H2,2-4H3,(H,14,17)(H,15,16)/t8-,9?/m0/s1. The quantitative estimate of drug-likeness (QED) is 0.429. The van der Waals surface area contributed by atoms with E-state index >= 15 is 0 Å². The second-order valence-electron chi connectivity index (χ2n) is 4.83. The van der Waals surface area contributed by atoms with Crippen LogP contribution in [0.5, 0.6) is 0 Å². The van der Waals surface area contributed by atoms with Crippen LogP contribution in [0.2, 0.25) is 0 Å². The lowest BCUT2D eigenvalue weighted by Gasteiger charge is -2.25. The number of carboxylic acid groups (broad SMARTS) is 1. The fourth-order valence-corrected chi connectivity index (χ4v) is 2.01. The highest BCUT2D eigenvalue weighted by Crippen LogP contribution is 2.14. The van der Waals surface area contributed by atoms with Crippen molar-refractivity contribution in [3.8, 4) is 0 Å². The lowest BCUT2D eigenvalue weighted by Crippen LogP contribution is -2.44. The van der Waals surface area contributed by atoms with Crippen molar-refractivity contribution in [2.24, 2.45) is 5.92 Å². The van der Waals surface area contributed by atoms with Gasteiger partial charge in [0.1, 0.15) is 5.60 Å². The molecule has 0 aromatic heterocycles. The highest BCUT2D eigenvalue weighted by Gasteiger charge is 2.28. The zero-order valence-electron chi connectivity index (χ0n) is 10.9. The molecule has 18 heavy (non-hydrogen) atoms. The third-order valence-electron chi connectivity index (χ3n) is 2.11. The Kier molecular flexibility index (Phi) is 7.27. The van der Waals surface area contributed by atoms with Gasteiger partial charge < -0.3 is 15.2 Å². The normalized spacial score (nSPS) is 14.4. The summed E-state index contributed by atoms with van der Waals surface area (Å²) >= 11 is 2.10. The van der Waals surface area contributed by atoms with E-state index in [-0.39, 0.29) is 0 Å². The maximum Gasteiger partial charge on any atom is 0.408 e. The van der Waals surface area contributed by atoms with E-state index in [1.165, 1.54) is 6.08 Å². The highest BCUT2D eigenvalue weighted by atomic mass is 127. The van der Waals surface area contributed by atoms with Gasteiger partial charge in [0.05, 0.1) is 12.0 Å². The first-order chi connectivity index (χ1) is 8.21. The molecule has 0 aromatic carbocycles. The molecule has 0 fully saturated rings. The SMILES string of the molecule is C=CC(NC(=O)OC(C)(C)C)[C@H](CCI)C(=O)O. The van der Waals surface area contributed by atoms with Crippen LogP contribution in [0.15, 0.2) is 12.7 Å². The Bertz CT molecular complexity index is 312. The molecule has 0 spiro atoms. The third-order valence-corrected chi connectivity index (χ3v) is 2.73. The van der Waals surface area contributed by atoms with E-state index in [0.717, 1.165) is 0 Å². The van der Waals surface area contributed by atoms with Crippen LogP contribution in [-0.4, -0.2) is 33.2 Å². The summed E-state index contributed by atoms with van der Waals surface area (Å²) < 4.78 is 5.77. The summed E-state index contributed by atoms with van der Waals surface area (Å²) in [5.74, 6) is -1.64. The number of aliphatic carboxylic acids is 1. The van der Waals surface area contributed by atoms with Gasteiger partial charge in [-0.05, 0) is 27.2 Å². The smallest absolute Gasteiger partial charge is 0.408 e. The van der Waals surface area contributed by atoms with Crippen LogP contribution < -0.4 is 5.32 Å². The maximum absolute atomic E-state index is 11.6. The number of carboxylic acids is 1. The molecule has 5 nitrogen and oxygen atoms in total. The molecule has 6 heteroatoms. The molecule has 0 radical (unpaired) electrons. The van der Waals surface area contributed by atoms with Gasteiger partial charge in [0, 0.05) is 4.43 Å². The molecular weight excluding hydrogens is 349 g/mol. The number of amides is 1. The van der Waals surface area contributed by atoms with E-state index in [1.54, 1.807) is 20.8 Å². The minimum absolute atomic E-state index is 0.461. The van der Waals surface area contributed by atoms with Crippen molar-refractivity contribution in [1.82, 2.24) is 5.32 Å². The summed E-state index contributed by atoms with van der Waals surface area (Å²) in [7, 11) is 0. The largest absolute Gasteiger partial charge is 0.481 e. The molecular formula is C12H20INO4. The van der Waals surface area contributed by atoms with Crippen molar-refractivity contribution >= 4 is 34.7 Å². The molecule has 1 amide bonds. The molecule has 1 unspecified atom stereocenters. The van der Waals surface area contributed by atoms with Crippen molar-refractivity contribution in [2.75, 3.05) is 4.43 Å². The van der Waals surface area contributed by atoms with E-state index < -0.39 is 29.6 Å². The first kappa shape index (κ1) is 17.2. The first-order valence-electron chi connectivity index (χ1n) is 5.62. The van der Waals surface area contributed by atoms with Crippen LogP contribution >= 0.6 is 22.6 Å². The highest BCUT2D eigenvalue weighted by molar-refractivity contribution is 14.1. The zero-order valence-corrected chi connectivity index (χ0v) is 13.1. The molecule has 0 aliphatic heterocycles. The number of alkyl halides is 1. The predicted octanol–water partition coefficient (Wildman–Crippen LogP) is 2.59. The number of nitrogens with one attached hydrogen (secondary N) is 1. The second kappa shape index (κ2) is 7.60. The molecule has 0 aromatic rings. The van der Waals surface area contributed by atoms with E-state index in [1.807, 2.05) is 0 Å². The Balaban J connectivity index is 4.62. The Morgan fingerprint density at radius 2 is 2.06 bits per heavy atom. The number of halogens is 1. The van der Waals surface area contributed by atoms with E-state index in [9.17, 15) is 9.59 Å². The molecule has 0 aliphatic carbocycles. The minimum atomic E-state index is -0.951. The van der Waals surface area contributed by atoms with E-state index in [4.69, 9.17) is 9.84 Å².